The van der Waals surface area contributed by atoms with Crippen molar-refractivity contribution in [2.24, 2.45) is 5.92 Å². The minimum absolute atomic E-state index is 0.522. The number of hydrogen-bond donors (Lipinski definition) is 1. The minimum Gasteiger partial charge on any atom is -0.496 e. The summed E-state index contributed by atoms with van der Waals surface area (Å²) in [4.78, 5) is 4.62. The van der Waals surface area contributed by atoms with Gasteiger partial charge in [0, 0.05) is 35.5 Å². The van der Waals surface area contributed by atoms with Gasteiger partial charge < -0.3 is 10.1 Å². The van der Waals surface area contributed by atoms with E-state index in [9.17, 15) is 0 Å². The molecule has 2 unspecified atom stereocenters. The molecule has 0 aliphatic carbocycles. The fourth-order valence-electron chi connectivity index (χ4n) is 2.86. The summed E-state index contributed by atoms with van der Waals surface area (Å²) in [5, 5.41) is 3.48. The first-order chi connectivity index (χ1) is 9.17. The van der Waals surface area contributed by atoms with Gasteiger partial charge in [-0.15, -0.1) is 0 Å². The molecule has 19 heavy (non-hydrogen) atoms. The molecule has 1 N–H and O–H groups in total. The third-order valence-corrected chi connectivity index (χ3v) is 5.26. The smallest absolute Gasteiger partial charge is 0.128 e. The third kappa shape index (κ3) is 3.23. The van der Waals surface area contributed by atoms with E-state index in [1.165, 1.54) is 29.2 Å². The van der Waals surface area contributed by atoms with Gasteiger partial charge in [-0.3, -0.25) is 4.98 Å². The second-order valence-corrected chi connectivity index (χ2v) is 6.42. The molecule has 1 aromatic heterocycles. The van der Waals surface area contributed by atoms with Crippen molar-refractivity contribution in [3.8, 4) is 5.75 Å². The van der Waals surface area contributed by atoms with Crippen LogP contribution in [0.3, 0.4) is 0 Å². The summed E-state index contributed by atoms with van der Waals surface area (Å²) in [6, 6.07) is 0.522. The summed E-state index contributed by atoms with van der Waals surface area (Å²) in [6.07, 6.45) is 4.24. The zero-order valence-electron chi connectivity index (χ0n) is 12.3. The molecule has 0 aromatic carbocycles. The van der Waals surface area contributed by atoms with Gasteiger partial charge in [-0.2, -0.15) is 11.8 Å². The molecule has 106 valence electrons. The van der Waals surface area contributed by atoms with Crippen molar-refractivity contribution in [3.05, 3.63) is 23.0 Å². The first-order valence-electron chi connectivity index (χ1n) is 6.91. The molecule has 1 saturated heterocycles. The first kappa shape index (κ1) is 14.7. The van der Waals surface area contributed by atoms with E-state index in [2.05, 4.69) is 36.0 Å². The Hall–Kier alpha value is -0.740. The standard InChI is InChI=1S/C15H24N2OS/c1-10-8-17-13(11(2)15(10)18-4)7-14(16-3)12-5-6-19-9-12/h8,12,14,16H,5-7,9H2,1-4H3. The topological polar surface area (TPSA) is 34.2 Å². The normalized spacial score (nSPS) is 20.5. The monoisotopic (exact) mass is 280 g/mol. The highest BCUT2D eigenvalue weighted by atomic mass is 32.2. The molecule has 0 radical (unpaired) electrons. The summed E-state index contributed by atoms with van der Waals surface area (Å²) in [5.41, 5.74) is 3.47. The lowest BCUT2D eigenvalue weighted by Gasteiger charge is -2.23. The van der Waals surface area contributed by atoms with Crippen LogP contribution in [0.2, 0.25) is 0 Å². The van der Waals surface area contributed by atoms with Crippen LogP contribution in [0.5, 0.6) is 5.75 Å². The van der Waals surface area contributed by atoms with E-state index in [0.29, 0.717) is 6.04 Å². The molecule has 0 amide bonds. The van der Waals surface area contributed by atoms with Gasteiger partial charge in [-0.05, 0) is 44.7 Å². The summed E-state index contributed by atoms with van der Waals surface area (Å²) < 4.78 is 5.49. The lowest BCUT2D eigenvalue weighted by Crippen LogP contribution is -2.36. The fraction of sp³-hybridized carbons (Fsp3) is 0.667. The van der Waals surface area contributed by atoms with E-state index in [4.69, 9.17) is 4.74 Å². The van der Waals surface area contributed by atoms with Gasteiger partial charge in [-0.1, -0.05) is 0 Å². The zero-order chi connectivity index (χ0) is 13.8. The molecule has 0 saturated carbocycles. The van der Waals surface area contributed by atoms with Gasteiger partial charge in [0.15, 0.2) is 0 Å². The van der Waals surface area contributed by atoms with Crippen molar-refractivity contribution in [2.75, 3.05) is 25.7 Å². The molecule has 1 aliphatic heterocycles. The maximum atomic E-state index is 5.49. The van der Waals surface area contributed by atoms with Gasteiger partial charge in [0.05, 0.1) is 7.11 Å². The van der Waals surface area contributed by atoms with Crippen LogP contribution in [0.4, 0.5) is 0 Å². The van der Waals surface area contributed by atoms with Crippen molar-refractivity contribution in [2.45, 2.75) is 32.7 Å². The van der Waals surface area contributed by atoms with Crippen LogP contribution < -0.4 is 10.1 Å². The maximum Gasteiger partial charge on any atom is 0.128 e. The highest BCUT2D eigenvalue weighted by Crippen LogP contribution is 2.30. The van der Waals surface area contributed by atoms with Gasteiger partial charge in [0.25, 0.3) is 0 Å². The van der Waals surface area contributed by atoms with Gasteiger partial charge in [0.1, 0.15) is 5.75 Å². The Kier molecular flexibility index (Phi) is 5.11. The summed E-state index contributed by atoms with van der Waals surface area (Å²) >= 11 is 2.07. The second kappa shape index (κ2) is 6.62. The Balaban J connectivity index is 2.17. The van der Waals surface area contributed by atoms with E-state index in [0.717, 1.165) is 23.7 Å². The average molecular weight is 280 g/mol. The molecule has 2 atom stereocenters. The Morgan fingerprint density at radius 1 is 1.53 bits per heavy atom. The lowest BCUT2D eigenvalue weighted by molar-refractivity contribution is 0.392. The molecule has 0 bridgehead atoms. The lowest BCUT2D eigenvalue weighted by atomic mass is 9.93. The highest BCUT2D eigenvalue weighted by Gasteiger charge is 2.25. The SMILES string of the molecule is CNC(Cc1ncc(C)c(OC)c1C)C1CCSC1. The van der Waals surface area contributed by atoms with E-state index in [-0.39, 0.29) is 0 Å². The molecule has 1 aliphatic rings. The third-order valence-electron chi connectivity index (χ3n) is 4.07. The van der Waals surface area contributed by atoms with E-state index in [1.54, 1.807) is 7.11 Å². The van der Waals surface area contributed by atoms with Gasteiger partial charge >= 0.3 is 0 Å². The number of aryl methyl sites for hydroxylation is 1. The van der Waals surface area contributed by atoms with Crippen LogP contribution in [0, 0.1) is 19.8 Å². The Morgan fingerprint density at radius 2 is 2.32 bits per heavy atom. The Labute approximate surface area is 120 Å². The number of methoxy groups -OCH3 is 1. The zero-order valence-corrected chi connectivity index (χ0v) is 13.1. The van der Waals surface area contributed by atoms with Crippen LogP contribution >= 0.6 is 11.8 Å². The largest absolute Gasteiger partial charge is 0.496 e. The number of nitrogens with one attached hydrogen (secondary N) is 1. The molecule has 4 heteroatoms. The Morgan fingerprint density at radius 3 is 2.89 bits per heavy atom. The molecule has 2 rings (SSSR count). The molecule has 1 aromatic rings. The van der Waals surface area contributed by atoms with Crippen molar-refractivity contribution in [1.82, 2.24) is 10.3 Å². The second-order valence-electron chi connectivity index (χ2n) is 5.27. The van der Waals surface area contributed by atoms with Gasteiger partial charge in [-0.25, -0.2) is 0 Å². The molecule has 0 spiro atoms. The Bertz CT molecular complexity index is 430. The number of nitrogens with zero attached hydrogens (tertiary/aromatic N) is 1. The van der Waals surface area contributed by atoms with Crippen LogP contribution in [-0.4, -0.2) is 36.7 Å². The predicted molar refractivity (Wildman–Crippen MR) is 82.2 cm³/mol. The highest BCUT2D eigenvalue weighted by molar-refractivity contribution is 7.99. The summed E-state index contributed by atoms with van der Waals surface area (Å²) in [6.45, 7) is 4.16. The van der Waals surface area contributed by atoms with Crippen molar-refractivity contribution in [3.63, 3.8) is 0 Å². The molecular weight excluding hydrogens is 256 g/mol. The van der Waals surface area contributed by atoms with Crippen LogP contribution in [-0.2, 0) is 6.42 Å². The summed E-state index contributed by atoms with van der Waals surface area (Å²) in [7, 11) is 3.80. The number of aromatic nitrogens is 1. The number of hydrogen-bond acceptors (Lipinski definition) is 4. The number of pyridine rings is 1. The quantitative estimate of drug-likeness (QED) is 0.899. The molecule has 2 heterocycles. The van der Waals surface area contributed by atoms with E-state index < -0.39 is 0 Å². The van der Waals surface area contributed by atoms with Crippen LogP contribution in [0.25, 0.3) is 0 Å². The summed E-state index contributed by atoms with van der Waals surface area (Å²) in [5.74, 6) is 4.32. The average Bonchev–Trinajstić information content (AvgIpc) is 2.92. The number of thioether (sulfide) groups is 1. The van der Waals surface area contributed by atoms with E-state index >= 15 is 0 Å². The molecule has 1 fully saturated rings. The van der Waals surface area contributed by atoms with Gasteiger partial charge in [0.2, 0.25) is 0 Å². The predicted octanol–water partition coefficient (Wildman–Crippen LogP) is 2.59. The minimum atomic E-state index is 0.522. The maximum absolute atomic E-state index is 5.49. The number of ether oxygens (including phenoxy) is 1. The molecular formula is C15H24N2OS. The van der Waals surface area contributed by atoms with Crippen molar-refractivity contribution >= 4 is 11.8 Å². The van der Waals surface area contributed by atoms with Crippen LogP contribution in [0.15, 0.2) is 6.20 Å². The fourth-order valence-corrected chi connectivity index (χ4v) is 4.20. The first-order valence-corrected chi connectivity index (χ1v) is 8.07. The number of likely N-dealkylation sites (N-methyl/N-ethyl adjacent to an activating group) is 1. The van der Waals surface area contributed by atoms with Crippen LogP contribution in [0.1, 0.15) is 23.2 Å². The van der Waals surface area contributed by atoms with E-state index in [1.807, 2.05) is 13.1 Å². The number of rotatable bonds is 5. The van der Waals surface area contributed by atoms with Crippen molar-refractivity contribution in [1.29, 1.82) is 0 Å². The molecule has 3 nitrogen and oxygen atoms in total. The van der Waals surface area contributed by atoms with Crippen molar-refractivity contribution < 1.29 is 4.74 Å².